The molecule has 0 saturated heterocycles. The molecular formula is C19H23NO3S. The summed E-state index contributed by atoms with van der Waals surface area (Å²) in [5.41, 5.74) is 3.53. The lowest BCUT2D eigenvalue weighted by Crippen LogP contribution is -2.31. The van der Waals surface area contributed by atoms with Gasteiger partial charge in [0.1, 0.15) is 0 Å². The summed E-state index contributed by atoms with van der Waals surface area (Å²) in [6.45, 7) is 9.21. The lowest BCUT2D eigenvalue weighted by molar-refractivity contribution is 0.103. The molecular weight excluding hydrogens is 322 g/mol. The molecule has 0 saturated carbocycles. The van der Waals surface area contributed by atoms with E-state index in [1.54, 1.807) is 32.0 Å². The van der Waals surface area contributed by atoms with E-state index in [4.69, 9.17) is 0 Å². The zero-order valence-corrected chi connectivity index (χ0v) is 15.5. The molecule has 0 aliphatic carbocycles. The van der Waals surface area contributed by atoms with Crippen LogP contribution in [-0.4, -0.2) is 20.2 Å². The fourth-order valence-corrected chi connectivity index (χ4v) is 4.39. The van der Waals surface area contributed by atoms with Crippen LogP contribution in [0.5, 0.6) is 0 Å². The molecule has 0 heterocycles. The Bertz CT molecular complexity index is 860. The van der Waals surface area contributed by atoms with Crippen molar-refractivity contribution in [3.8, 4) is 0 Å². The second-order valence-electron chi connectivity index (χ2n) is 6.37. The van der Waals surface area contributed by atoms with Gasteiger partial charge >= 0.3 is 0 Å². The number of hydrogen-bond acceptors (Lipinski definition) is 3. The zero-order chi connectivity index (χ0) is 18.1. The number of carbonyl (C=O) groups excluding carboxylic acids is 1. The first kappa shape index (κ1) is 18.4. The van der Waals surface area contributed by atoms with Crippen LogP contribution in [0.4, 0.5) is 0 Å². The summed E-state index contributed by atoms with van der Waals surface area (Å²) in [6.07, 6.45) is 0. The highest BCUT2D eigenvalue weighted by atomic mass is 32.2. The predicted molar refractivity (Wildman–Crippen MR) is 96.0 cm³/mol. The molecule has 0 amide bonds. The van der Waals surface area contributed by atoms with Gasteiger partial charge in [-0.25, -0.2) is 13.1 Å². The molecule has 0 aromatic heterocycles. The number of sulfonamides is 1. The van der Waals surface area contributed by atoms with Crippen molar-refractivity contribution in [1.29, 1.82) is 0 Å². The van der Waals surface area contributed by atoms with Gasteiger partial charge < -0.3 is 0 Å². The van der Waals surface area contributed by atoms with Crippen molar-refractivity contribution >= 4 is 15.8 Å². The van der Waals surface area contributed by atoms with Crippen molar-refractivity contribution in [2.24, 2.45) is 0 Å². The van der Waals surface area contributed by atoms with E-state index < -0.39 is 10.0 Å². The van der Waals surface area contributed by atoms with Gasteiger partial charge in [-0.05, 0) is 57.9 Å². The molecule has 0 aliphatic rings. The zero-order valence-electron chi connectivity index (χ0n) is 14.7. The number of ketones is 1. The highest BCUT2D eigenvalue weighted by molar-refractivity contribution is 7.89. The quantitative estimate of drug-likeness (QED) is 0.843. The van der Waals surface area contributed by atoms with E-state index in [0.717, 1.165) is 16.7 Å². The average Bonchev–Trinajstić information content (AvgIpc) is 2.44. The molecule has 0 aliphatic heterocycles. The summed E-state index contributed by atoms with van der Waals surface area (Å²) in [4.78, 5) is 13.1. The fraction of sp³-hybridized carbons (Fsp3) is 0.316. The van der Waals surface area contributed by atoms with Gasteiger partial charge in [0.15, 0.2) is 5.78 Å². The summed E-state index contributed by atoms with van der Waals surface area (Å²) in [5.74, 6) is -0.269. The van der Waals surface area contributed by atoms with Crippen molar-refractivity contribution in [1.82, 2.24) is 4.72 Å². The maximum absolute atomic E-state index is 13.1. The number of benzene rings is 2. The Labute approximate surface area is 144 Å². The monoisotopic (exact) mass is 345 g/mol. The Hall–Kier alpha value is -1.98. The second-order valence-corrected chi connectivity index (χ2v) is 8.06. The van der Waals surface area contributed by atoms with Crippen LogP contribution in [0.2, 0.25) is 0 Å². The van der Waals surface area contributed by atoms with Gasteiger partial charge in [-0.15, -0.1) is 0 Å². The van der Waals surface area contributed by atoms with Crippen molar-refractivity contribution < 1.29 is 13.2 Å². The van der Waals surface area contributed by atoms with E-state index in [1.807, 2.05) is 32.9 Å². The molecule has 24 heavy (non-hydrogen) atoms. The van der Waals surface area contributed by atoms with Gasteiger partial charge in [-0.1, -0.05) is 29.8 Å². The third-order valence-electron chi connectivity index (χ3n) is 3.72. The Morgan fingerprint density at radius 1 is 1.00 bits per heavy atom. The maximum atomic E-state index is 13.1. The second kappa shape index (κ2) is 6.87. The topological polar surface area (TPSA) is 63.2 Å². The summed E-state index contributed by atoms with van der Waals surface area (Å²) in [7, 11) is -3.75. The first-order valence-corrected chi connectivity index (χ1v) is 9.35. The van der Waals surface area contributed by atoms with Crippen LogP contribution >= 0.6 is 0 Å². The van der Waals surface area contributed by atoms with E-state index in [2.05, 4.69) is 4.72 Å². The summed E-state index contributed by atoms with van der Waals surface area (Å²) in [6, 6.07) is 9.96. The van der Waals surface area contributed by atoms with E-state index >= 15 is 0 Å². The van der Waals surface area contributed by atoms with E-state index in [9.17, 15) is 13.2 Å². The summed E-state index contributed by atoms with van der Waals surface area (Å²) < 4.78 is 27.7. The van der Waals surface area contributed by atoms with Crippen LogP contribution in [-0.2, 0) is 10.0 Å². The minimum atomic E-state index is -3.75. The van der Waals surface area contributed by atoms with E-state index in [-0.39, 0.29) is 22.3 Å². The Morgan fingerprint density at radius 3 is 2.08 bits per heavy atom. The highest BCUT2D eigenvalue weighted by Gasteiger charge is 2.25. The predicted octanol–water partition coefficient (Wildman–Crippen LogP) is 3.53. The lowest BCUT2D eigenvalue weighted by atomic mass is 9.93. The summed E-state index contributed by atoms with van der Waals surface area (Å²) in [5, 5.41) is 0. The largest absolute Gasteiger partial charge is 0.289 e. The fourth-order valence-electron chi connectivity index (χ4n) is 2.94. The Balaban J connectivity index is 2.61. The molecule has 2 aromatic rings. The third-order valence-corrected chi connectivity index (χ3v) is 5.43. The smallest absolute Gasteiger partial charge is 0.241 e. The molecule has 0 radical (unpaired) electrons. The minimum absolute atomic E-state index is 0.0167. The first-order valence-electron chi connectivity index (χ1n) is 7.87. The molecule has 0 fully saturated rings. The third kappa shape index (κ3) is 3.74. The molecule has 0 atom stereocenters. The molecule has 1 N–H and O–H groups in total. The molecule has 5 heteroatoms. The van der Waals surface area contributed by atoms with Crippen LogP contribution < -0.4 is 4.72 Å². The lowest BCUT2D eigenvalue weighted by Gasteiger charge is -2.15. The van der Waals surface area contributed by atoms with Gasteiger partial charge in [0.2, 0.25) is 10.0 Å². The molecule has 128 valence electrons. The number of nitrogens with one attached hydrogen (secondary N) is 1. The van der Waals surface area contributed by atoms with Crippen LogP contribution in [0, 0.1) is 20.8 Å². The number of aryl methyl sites for hydroxylation is 3. The Kier molecular flexibility index (Phi) is 5.26. The van der Waals surface area contributed by atoms with Crippen LogP contribution in [0.25, 0.3) is 0 Å². The normalized spacial score (nSPS) is 11.8. The number of rotatable bonds is 5. The van der Waals surface area contributed by atoms with Crippen molar-refractivity contribution in [3.63, 3.8) is 0 Å². The number of hydrogen-bond donors (Lipinski definition) is 1. The van der Waals surface area contributed by atoms with Crippen molar-refractivity contribution in [2.75, 3.05) is 0 Å². The molecule has 4 nitrogen and oxygen atoms in total. The molecule has 0 spiro atoms. The molecule has 2 rings (SSSR count). The first-order chi connectivity index (χ1) is 11.1. The van der Waals surface area contributed by atoms with E-state index in [1.165, 1.54) is 6.07 Å². The number of carbonyl (C=O) groups is 1. The SMILES string of the molecule is Cc1cc(C)c(C(=O)c2ccccc2S(=O)(=O)NC(C)C)c(C)c1. The van der Waals surface area contributed by atoms with E-state index in [0.29, 0.717) is 5.56 Å². The van der Waals surface area contributed by atoms with Gasteiger partial charge in [0.25, 0.3) is 0 Å². The van der Waals surface area contributed by atoms with Gasteiger partial charge in [0.05, 0.1) is 4.90 Å². The molecule has 0 unspecified atom stereocenters. The highest BCUT2D eigenvalue weighted by Crippen LogP contribution is 2.24. The molecule has 2 aromatic carbocycles. The van der Waals surface area contributed by atoms with Crippen LogP contribution in [0.15, 0.2) is 41.3 Å². The average molecular weight is 345 g/mol. The summed E-state index contributed by atoms with van der Waals surface area (Å²) >= 11 is 0. The van der Waals surface area contributed by atoms with Gasteiger partial charge in [0, 0.05) is 17.2 Å². The van der Waals surface area contributed by atoms with Gasteiger partial charge in [-0.3, -0.25) is 4.79 Å². The minimum Gasteiger partial charge on any atom is -0.289 e. The maximum Gasteiger partial charge on any atom is 0.241 e. The molecule has 0 bridgehead atoms. The van der Waals surface area contributed by atoms with Crippen molar-refractivity contribution in [3.05, 3.63) is 64.2 Å². The van der Waals surface area contributed by atoms with Crippen LogP contribution in [0.3, 0.4) is 0 Å². The van der Waals surface area contributed by atoms with Crippen molar-refractivity contribution in [2.45, 2.75) is 45.6 Å². The standard InChI is InChI=1S/C19H23NO3S/c1-12(2)20-24(22,23)17-9-7-6-8-16(17)19(21)18-14(4)10-13(3)11-15(18)5/h6-12,20H,1-5H3. The Morgan fingerprint density at radius 2 is 1.54 bits per heavy atom. The van der Waals surface area contributed by atoms with Gasteiger partial charge in [-0.2, -0.15) is 0 Å². The van der Waals surface area contributed by atoms with Crippen LogP contribution in [0.1, 0.15) is 46.5 Å².